The lowest BCUT2D eigenvalue weighted by Crippen LogP contribution is -2.14. The average molecular weight is 251 g/mol. The molecule has 2 N–H and O–H groups in total. The molecule has 0 radical (unpaired) electrons. The number of carbonyl (C=O) groups is 2. The normalized spacial score (nSPS) is 10.1. The zero-order valence-electron chi connectivity index (χ0n) is 8.75. The van der Waals surface area contributed by atoms with E-state index in [0.29, 0.717) is 0 Å². The van der Waals surface area contributed by atoms with Crippen LogP contribution in [0.25, 0.3) is 0 Å². The number of halogens is 1. The molecule has 7 nitrogen and oxygen atoms in total. The van der Waals surface area contributed by atoms with Crippen LogP contribution in [0.15, 0.2) is 24.3 Å². The molecule has 2 aromatic rings. The van der Waals surface area contributed by atoms with E-state index in [1.54, 1.807) is 0 Å². The molecule has 18 heavy (non-hydrogen) atoms. The van der Waals surface area contributed by atoms with Crippen LogP contribution in [0.4, 0.5) is 4.39 Å². The highest BCUT2D eigenvalue weighted by atomic mass is 19.1. The quantitative estimate of drug-likeness (QED) is 0.619. The van der Waals surface area contributed by atoms with Gasteiger partial charge in [0.15, 0.2) is 0 Å². The van der Waals surface area contributed by atoms with Crippen LogP contribution < -0.4 is 4.74 Å². The first-order valence-corrected chi connectivity index (χ1v) is 4.69. The molecule has 0 saturated carbocycles. The molecule has 92 valence electrons. The van der Waals surface area contributed by atoms with Crippen molar-refractivity contribution in [3.05, 3.63) is 41.5 Å². The number of rotatable bonds is 3. The van der Waals surface area contributed by atoms with E-state index in [1.165, 1.54) is 12.1 Å². The summed E-state index contributed by atoms with van der Waals surface area (Å²) in [5.74, 6) is -2.81. The predicted octanol–water partition coefficient (Wildman–Crippen LogP) is 0.861. The second-order valence-electron chi connectivity index (χ2n) is 3.17. The zero-order chi connectivity index (χ0) is 13.1. The van der Waals surface area contributed by atoms with Crippen LogP contribution in [0.3, 0.4) is 0 Å². The molecule has 0 atom stereocenters. The minimum atomic E-state index is -1.41. The summed E-state index contributed by atoms with van der Waals surface area (Å²) in [5.41, 5.74) is -0.992. The van der Waals surface area contributed by atoms with Gasteiger partial charge in [-0.15, -0.1) is 10.2 Å². The van der Waals surface area contributed by atoms with Crippen LogP contribution >= 0.6 is 0 Å². The van der Waals surface area contributed by atoms with Gasteiger partial charge in [0.25, 0.3) is 0 Å². The molecule has 0 spiro atoms. The number of aromatic amines is 1. The van der Waals surface area contributed by atoms with E-state index < -0.39 is 29.1 Å². The number of benzene rings is 1. The minimum Gasteiger partial charge on any atom is -0.476 e. The van der Waals surface area contributed by atoms with Gasteiger partial charge in [-0.1, -0.05) is 0 Å². The van der Waals surface area contributed by atoms with E-state index in [-0.39, 0.29) is 5.75 Å². The smallest absolute Gasteiger partial charge is 0.366 e. The number of H-pyrrole nitrogens is 1. The highest BCUT2D eigenvalue weighted by Crippen LogP contribution is 2.13. The number of esters is 1. The van der Waals surface area contributed by atoms with Crippen molar-refractivity contribution in [1.82, 2.24) is 15.4 Å². The average Bonchev–Trinajstić information content (AvgIpc) is 2.81. The molecular weight excluding hydrogens is 245 g/mol. The largest absolute Gasteiger partial charge is 0.476 e. The molecule has 0 fully saturated rings. The Balaban J connectivity index is 2.19. The van der Waals surface area contributed by atoms with E-state index in [4.69, 9.17) is 9.84 Å². The Kier molecular flexibility index (Phi) is 3.00. The highest BCUT2D eigenvalue weighted by Gasteiger charge is 2.23. The number of carboxylic acid groups (broad SMARTS) is 1. The van der Waals surface area contributed by atoms with Crippen LogP contribution in [0, 0.1) is 5.82 Å². The number of aromatic nitrogens is 3. The van der Waals surface area contributed by atoms with Crippen molar-refractivity contribution >= 4 is 11.9 Å². The van der Waals surface area contributed by atoms with E-state index in [1.807, 2.05) is 5.21 Å². The first-order valence-electron chi connectivity index (χ1n) is 4.69. The Morgan fingerprint density at radius 1 is 1.17 bits per heavy atom. The van der Waals surface area contributed by atoms with Gasteiger partial charge >= 0.3 is 11.9 Å². The van der Waals surface area contributed by atoms with Gasteiger partial charge in [-0.2, -0.15) is 5.21 Å². The molecule has 0 aliphatic rings. The van der Waals surface area contributed by atoms with E-state index in [0.717, 1.165) is 12.1 Å². The molecule has 1 heterocycles. The summed E-state index contributed by atoms with van der Waals surface area (Å²) in [6.07, 6.45) is 0. The van der Waals surface area contributed by atoms with Crippen molar-refractivity contribution in [1.29, 1.82) is 0 Å². The lowest BCUT2D eigenvalue weighted by atomic mass is 10.3. The summed E-state index contributed by atoms with van der Waals surface area (Å²) in [5, 5.41) is 17.4. The maximum absolute atomic E-state index is 12.6. The third kappa shape index (κ3) is 2.32. The first-order chi connectivity index (χ1) is 8.58. The van der Waals surface area contributed by atoms with Crippen LogP contribution in [0.1, 0.15) is 21.0 Å². The predicted molar refractivity (Wildman–Crippen MR) is 54.7 cm³/mol. The van der Waals surface area contributed by atoms with Crippen molar-refractivity contribution < 1.29 is 23.8 Å². The molecule has 0 aliphatic carbocycles. The summed E-state index contributed by atoms with van der Waals surface area (Å²) in [6, 6.07) is 4.66. The van der Waals surface area contributed by atoms with Crippen molar-refractivity contribution in [3.63, 3.8) is 0 Å². The maximum atomic E-state index is 12.6. The first kappa shape index (κ1) is 11.7. The molecule has 1 aromatic carbocycles. The highest BCUT2D eigenvalue weighted by molar-refractivity contribution is 6.00. The van der Waals surface area contributed by atoms with Gasteiger partial charge in [0.2, 0.25) is 11.4 Å². The number of hydrogen-bond donors (Lipinski definition) is 2. The van der Waals surface area contributed by atoms with Gasteiger partial charge in [-0.3, -0.25) is 0 Å². The second kappa shape index (κ2) is 4.62. The molecule has 0 bridgehead atoms. The fourth-order valence-corrected chi connectivity index (χ4v) is 1.18. The van der Waals surface area contributed by atoms with Crippen molar-refractivity contribution in [3.8, 4) is 5.75 Å². The van der Waals surface area contributed by atoms with Crippen molar-refractivity contribution in [2.24, 2.45) is 0 Å². The number of nitrogens with zero attached hydrogens (tertiary/aromatic N) is 2. The summed E-state index contributed by atoms with van der Waals surface area (Å²) in [4.78, 5) is 22.3. The Bertz CT molecular complexity index is 593. The summed E-state index contributed by atoms with van der Waals surface area (Å²) >= 11 is 0. The third-order valence-electron chi connectivity index (χ3n) is 1.97. The van der Waals surface area contributed by atoms with E-state index >= 15 is 0 Å². The number of carbonyl (C=O) groups excluding carboxylic acids is 1. The van der Waals surface area contributed by atoms with Crippen LogP contribution in [0.5, 0.6) is 5.75 Å². The monoisotopic (exact) mass is 251 g/mol. The van der Waals surface area contributed by atoms with Crippen molar-refractivity contribution in [2.45, 2.75) is 0 Å². The molecule has 0 unspecified atom stereocenters. The summed E-state index contributed by atoms with van der Waals surface area (Å²) in [6.45, 7) is 0. The SMILES string of the molecule is O=C(O)c1n[nH]nc1C(=O)Oc1ccc(F)cc1. The molecule has 8 heteroatoms. The summed E-state index contributed by atoms with van der Waals surface area (Å²) in [7, 11) is 0. The zero-order valence-corrected chi connectivity index (χ0v) is 8.75. The number of carboxylic acids is 1. The topological polar surface area (TPSA) is 105 Å². The molecule has 2 rings (SSSR count). The second-order valence-corrected chi connectivity index (χ2v) is 3.17. The maximum Gasteiger partial charge on any atom is 0.366 e. The molecular formula is C10H6FN3O4. The molecule has 0 saturated heterocycles. The van der Waals surface area contributed by atoms with Gasteiger partial charge < -0.3 is 9.84 Å². The van der Waals surface area contributed by atoms with Crippen LogP contribution in [-0.4, -0.2) is 32.5 Å². The molecule has 1 aromatic heterocycles. The Morgan fingerprint density at radius 3 is 2.39 bits per heavy atom. The Labute approximate surface area is 99.2 Å². The molecule has 0 aliphatic heterocycles. The number of ether oxygens (including phenoxy) is 1. The lowest BCUT2D eigenvalue weighted by molar-refractivity contribution is 0.0661. The van der Waals surface area contributed by atoms with Crippen molar-refractivity contribution in [2.75, 3.05) is 0 Å². The minimum absolute atomic E-state index is 0.0701. The standard InChI is InChI=1S/C10H6FN3O4/c11-5-1-3-6(4-2-5)18-10(17)8-7(9(15)16)12-14-13-8/h1-4H,(H,15,16)(H,12,13,14). The van der Waals surface area contributed by atoms with Gasteiger partial charge in [-0.05, 0) is 24.3 Å². The summed E-state index contributed by atoms with van der Waals surface area (Å²) < 4.78 is 17.4. The Hall–Kier alpha value is -2.77. The number of aromatic carboxylic acids is 1. The number of nitrogens with one attached hydrogen (secondary N) is 1. The van der Waals surface area contributed by atoms with E-state index in [2.05, 4.69) is 10.2 Å². The van der Waals surface area contributed by atoms with E-state index in [9.17, 15) is 14.0 Å². The molecule has 0 amide bonds. The fraction of sp³-hybridized carbons (Fsp3) is 0. The van der Waals surface area contributed by atoms with Gasteiger partial charge in [-0.25, -0.2) is 14.0 Å². The van der Waals surface area contributed by atoms with Gasteiger partial charge in [0.1, 0.15) is 11.6 Å². The van der Waals surface area contributed by atoms with Crippen LogP contribution in [-0.2, 0) is 0 Å². The number of hydrogen-bond acceptors (Lipinski definition) is 5. The fourth-order valence-electron chi connectivity index (χ4n) is 1.18. The third-order valence-corrected chi connectivity index (χ3v) is 1.97. The van der Waals surface area contributed by atoms with Crippen LogP contribution in [0.2, 0.25) is 0 Å². The Morgan fingerprint density at radius 2 is 1.78 bits per heavy atom. The van der Waals surface area contributed by atoms with Gasteiger partial charge in [0.05, 0.1) is 0 Å². The van der Waals surface area contributed by atoms with Gasteiger partial charge in [0, 0.05) is 0 Å². The lowest BCUT2D eigenvalue weighted by Gasteiger charge is -2.01.